The van der Waals surface area contributed by atoms with Crippen molar-refractivity contribution in [3.63, 3.8) is 0 Å². The molecule has 1 aromatic heterocycles. The molecule has 1 heterocycles. The lowest BCUT2D eigenvalue weighted by atomic mass is 10.4. The van der Waals surface area contributed by atoms with Crippen molar-refractivity contribution in [1.82, 2.24) is 9.97 Å². The first-order valence-electron chi connectivity index (χ1n) is 4.28. The fraction of sp³-hybridized carbons (Fsp3) is 0.333. The van der Waals surface area contributed by atoms with E-state index in [0.717, 1.165) is 12.8 Å². The fourth-order valence-electron chi connectivity index (χ4n) is 1.08. The van der Waals surface area contributed by atoms with Gasteiger partial charge in [0.15, 0.2) is 0 Å². The number of carbonyl (C=O) groups excluding carboxylic acids is 1. The van der Waals surface area contributed by atoms with E-state index in [0.29, 0.717) is 11.6 Å². The predicted octanol–water partition coefficient (Wildman–Crippen LogP) is 1.40. The summed E-state index contributed by atoms with van der Waals surface area (Å²) >= 11 is 0. The highest BCUT2D eigenvalue weighted by molar-refractivity contribution is 5.93. The quantitative estimate of drug-likeness (QED) is 0.733. The number of anilines is 1. The molecule has 4 heteroatoms. The molecule has 1 aromatic rings. The van der Waals surface area contributed by atoms with Crippen molar-refractivity contribution in [3.8, 4) is 0 Å². The molecule has 68 valence electrons. The fourth-order valence-corrected chi connectivity index (χ4v) is 1.08. The third kappa shape index (κ3) is 1.77. The maximum atomic E-state index is 11.3. The van der Waals surface area contributed by atoms with Gasteiger partial charge in [-0.3, -0.25) is 4.79 Å². The predicted molar refractivity (Wildman–Crippen MR) is 50.0 cm³/mol. The number of aromatic amines is 1. The molecule has 0 atom stereocenters. The lowest BCUT2D eigenvalue weighted by molar-refractivity contribution is -0.117. The van der Waals surface area contributed by atoms with Gasteiger partial charge in [-0.2, -0.15) is 0 Å². The Morgan fingerprint density at radius 1 is 1.77 bits per heavy atom. The van der Waals surface area contributed by atoms with Gasteiger partial charge in [-0.25, -0.2) is 4.98 Å². The number of hydrogen-bond donors (Lipinski definition) is 2. The number of imidazole rings is 1. The van der Waals surface area contributed by atoms with Gasteiger partial charge in [0, 0.05) is 5.92 Å². The first kappa shape index (κ1) is 8.04. The van der Waals surface area contributed by atoms with Crippen molar-refractivity contribution in [1.29, 1.82) is 0 Å². The van der Waals surface area contributed by atoms with Gasteiger partial charge < -0.3 is 10.3 Å². The smallest absolute Gasteiger partial charge is 0.228 e. The number of aromatic nitrogens is 2. The Balaban J connectivity index is 2.00. The van der Waals surface area contributed by atoms with Crippen LogP contribution in [0.5, 0.6) is 0 Å². The van der Waals surface area contributed by atoms with Crippen LogP contribution < -0.4 is 5.32 Å². The molecule has 1 saturated carbocycles. The van der Waals surface area contributed by atoms with Crippen molar-refractivity contribution in [2.24, 2.45) is 5.92 Å². The van der Waals surface area contributed by atoms with Gasteiger partial charge in [0.25, 0.3) is 0 Å². The van der Waals surface area contributed by atoms with E-state index in [1.165, 1.54) is 0 Å². The Kier molecular flexibility index (Phi) is 1.88. The molecular formula is C9H11N3O. The number of rotatable bonds is 3. The lowest BCUT2D eigenvalue weighted by Gasteiger charge is -1.98. The average molecular weight is 177 g/mol. The van der Waals surface area contributed by atoms with E-state index in [9.17, 15) is 4.79 Å². The second-order valence-corrected chi connectivity index (χ2v) is 3.15. The molecule has 1 aliphatic carbocycles. The van der Waals surface area contributed by atoms with Crippen LogP contribution in [0, 0.1) is 5.92 Å². The van der Waals surface area contributed by atoms with Gasteiger partial charge in [-0.1, -0.05) is 6.58 Å². The number of amides is 1. The Bertz CT molecular complexity index is 338. The molecule has 13 heavy (non-hydrogen) atoms. The lowest BCUT2D eigenvalue weighted by Crippen LogP contribution is -2.13. The van der Waals surface area contributed by atoms with Gasteiger partial charge >= 0.3 is 0 Å². The molecule has 0 unspecified atom stereocenters. The molecule has 0 aromatic carbocycles. The first-order valence-corrected chi connectivity index (χ1v) is 4.28. The van der Waals surface area contributed by atoms with Crippen molar-refractivity contribution in [2.75, 3.05) is 5.32 Å². The minimum atomic E-state index is 0.0827. The van der Waals surface area contributed by atoms with Crippen LogP contribution >= 0.6 is 0 Å². The molecule has 2 N–H and O–H groups in total. The zero-order valence-electron chi connectivity index (χ0n) is 7.21. The normalized spacial score (nSPS) is 15.4. The molecule has 0 bridgehead atoms. The number of hydrogen-bond acceptors (Lipinski definition) is 2. The van der Waals surface area contributed by atoms with E-state index < -0.39 is 0 Å². The Labute approximate surface area is 76.1 Å². The summed E-state index contributed by atoms with van der Waals surface area (Å²) in [5.41, 5.74) is 0. The molecule has 0 saturated heterocycles. The van der Waals surface area contributed by atoms with E-state index in [-0.39, 0.29) is 11.8 Å². The maximum Gasteiger partial charge on any atom is 0.228 e. The van der Waals surface area contributed by atoms with Crippen LogP contribution in [0.3, 0.4) is 0 Å². The standard InChI is InChI=1S/C9H11N3O/c1-2-7-10-5-8(11-7)12-9(13)6-3-4-6/h2,5-6H,1,3-4H2,(H,10,11)(H,12,13). The van der Waals surface area contributed by atoms with Crippen LogP contribution in [0.1, 0.15) is 18.7 Å². The highest BCUT2D eigenvalue weighted by atomic mass is 16.2. The molecular weight excluding hydrogens is 166 g/mol. The van der Waals surface area contributed by atoms with Crippen molar-refractivity contribution in [2.45, 2.75) is 12.8 Å². The first-order chi connectivity index (χ1) is 6.29. The molecule has 0 spiro atoms. The number of nitrogens with one attached hydrogen (secondary N) is 2. The molecule has 1 aliphatic rings. The summed E-state index contributed by atoms with van der Waals surface area (Å²) < 4.78 is 0. The average Bonchev–Trinajstić information content (AvgIpc) is 2.88. The van der Waals surface area contributed by atoms with E-state index in [4.69, 9.17) is 0 Å². The second kappa shape index (κ2) is 3.05. The number of H-pyrrole nitrogens is 1. The topological polar surface area (TPSA) is 57.8 Å². The van der Waals surface area contributed by atoms with Gasteiger partial charge in [0.1, 0.15) is 11.6 Å². The van der Waals surface area contributed by atoms with E-state index in [1.807, 2.05) is 0 Å². The van der Waals surface area contributed by atoms with Crippen LogP contribution in [-0.4, -0.2) is 15.9 Å². The number of carbonyl (C=O) groups is 1. The van der Waals surface area contributed by atoms with Crippen molar-refractivity contribution in [3.05, 3.63) is 18.6 Å². The zero-order valence-corrected chi connectivity index (χ0v) is 7.21. The summed E-state index contributed by atoms with van der Waals surface area (Å²) in [6.45, 7) is 3.56. The summed E-state index contributed by atoms with van der Waals surface area (Å²) in [5, 5.41) is 2.75. The van der Waals surface area contributed by atoms with Crippen LogP contribution in [0.15, 0.2) is 12.8 Å². The SMILES string of the molecule is C=Cc1ncc(NC(=O)C2CC2)[nH]1. The summed E-state index contributed by atoms with van der Waals surface area (Å²) in [4.78, 5) is 18.2. The zero-order chi connectivity index (χ0) is 9.26. The largest absolute Gasteiger partial charge is 0.325 e. The van der Waals surface area contributed by atoms with E-state index >= 15 is 0 Å². The summed E-state index contributed by atoms with van der Waals surface area (Å²) in [6.07, 6.45) is 5.21. The highest BCUT2D eigenvalue weighted by Crippen LogP contribution is 2.29. The minimum absolute atomic E-state index is 0.0827. The Morgan fingerprint density at radius 2 is 2.54 bits per heavy atom. The third-order valence-corrected chi connectivity index (χ3v) is 1.99. The van der Waals surface area contributed by atoms with Gasteiger partial charge in [0.05, 0.1) is 6.20 Å². The van der Waals surface area contributed by atoms with Crippen LogP contribution in [0.4, 0.5) is 5.82 Å². The monoisotopic (exact) mass is 177 g/mol. The number of nitrogens with zero attached hydrogens (tertiary/aromatic N) is 1. The summed E-state index contributed by atoms with van der Waals surface area (Å²) in [5.74, 6) is 1.62. The molecule has 0 aliphatic heterocycles. The van der Waals surface area contributed by atoms with Crippen molar-refractivity contribution >= 4 is 17.8 Å². The van der Waals surface area contributed by atoms with Crippen LogP contribution in [-0.2, 0) is 4.79 Å². The molecule has 0 radical (unpaired) electrons. The summed E-state index contributed by atoms with van der Waals surface area (Å²) in [6, 6.07) is 0. The van der Waals surface area contributed by atoms with Crippen LogP contribution in [0.25, 0.3) is 6.08 Å². The van der Waals surface area contributed by atoms with Gasteiger partial charge in [0.2, 0.25) is 5.91 Å². The Morgan fingerprint density at radius 3 is 3.08 bits per heavy atom. The highest BCUT2D eigenvalue weighted by Gasteiger charge is 2.29. The van der Waals surface area contributed by atoms with Crippen LogP contribution in [0.2, 0.25) is 0 Å². The van der Waals surface area contributed by atoms with E-state index in [2.05, 4.69) is 21.9 Å². The second-order valence-electron chi connectivity index (χ2n) is 3.15. The molecule has 1 amide bonds. The van der Waals surface area contributed by atoms with Gasteiger partial charge in [-0.05, 0) is 18.9 Å². The third-order valence-electron chi connectivity index (χ3n) is 1.99. The summed E-state index contributed by atoms with van der Waals surface area (Å²) in [7, 11) is 0. The minimum Gasteiger partial charge on any atom is -0.325 e. The molecule has 2 rings (SSSR count). The van der Waals surface area contributed by atoms with Crippen molar-refractivity contribution < 1.29 is 4.79 Å². The van der Waals surface area contributed by atoms with Gasteiger partial charge in [-0.15, -0.1) is 0 Å². The van der Waals surface area contributed by atoms with E-state index in [1.54, 1.807) is 12.3 Å². The molecule has 4 nitrogen and oxygen atoms in total. The molecule has 1 fully saturated rings. The Hall–Kier alpha value is -1.58. The maximum absolute atomic E-state index is 11.3.